The summed E-state index contributed by atoms with van der Waals surface area (Å²) in [4.78, 5) is -0.00246. The lowest BCUT2D eigenvalue weighted by Gasteiger charge is -2.31. The maximum absolute atomic E-state index is 12.5. The molecule has 0 fully saturated rings. The molecule has 1 unspecified atom stereocenters. The van der Waals surface area contributed by atoms with Crippen molar-refractivity contribution in [2.24, 2.45) is 0 Å². The van der Waals surface area contributed by atoms with Crippen LogP contribution in [-0.4, -0.2) is 13.0 Å². The second-order valence-corrected chi connectivity index (χ2v) is 12.2. The van der Waals surface area contributed by atoms with Gasteiger partial charge in [-0.15, -0.1) is 0 Å². The third kappa shape index (κ3) is 3.73. The molecule has 3 nitrogen and oxygen atoms in total. The highest BCUT2D eigenvalue weighted by atomic mass is 32.2. The van der Waals surface area contributed by atoms with Crippen LogP contribution in [0.5, 0.6) is 0 Å². The average Bonchev–Trinajstić information content (AvgIpc) is 3.10. The maximum Gasteiger partial charge on any atom is 0.295 e. The first-order valence-corrected chi connectivity index (χ1v) is 13.7. The SMILES string of the molecule is Cc1cc(C)c(P(c2ccccc2S(=O)(=O)O)C2c3ccccc3-c3ccccc32)c(C)c1. The Labute approximate surface area is 196 Å². The smallest absolute Gasteiger partial charge is 0.282 e. The summed E-state index contributed by atoms with van der Waals surface area (Å²) in [5, 5.41) is 1.85. The van der Waals surface area contributed by atoms with Crippen molar-refractivity contribution in [3.05, 3.63) is 113 Å². The minimum absolute atomic E-state index is 0.00246. The van der Waals surface area contributed by atoms with Crippen molar-refractivity contribution in [1.82, 2.24) is 0 Å². The highest BCUT2D eigenvalue weighted by Gasteiger charge is 2.39. The molecule has 33 heavy (non-hydrogen) atoms. The van der Waals surface area contributed by atoms with Crippen molar-refractivity contribution >= 4 is 28.6 Å². The summed E-state index contributed by atoms with van der Waals surface area (Å²) in [7, 11) is -5.59. The van der Waals surface area contributed by atoms with Gasteiger partial charge in [-0.25, -0.2) is 0 Å². The van der Waals surface area contributed by atoms with Crippen LogP contribution in [0.1, 0.15) is 33.5 Å². The number of benzene rings is 4. The van der Waals surface area contributed by atoms with Crippen molar-refractivity contribution in [1.29, 1.82) is 0 Å². The van der Waals surface area contributed by atoms with Gasteiger partial charge in [0.15, 0.2) is 0 Å². The predicted octanol–water partition coefficient (Wildman–Crippen LogP) is 6.06. The summed E-state index contributed by atoms with van der Waals surface area (Å²) in [5.41, 5.74) is 8.24. The standard InChI is InChI=1S/C28H25O3PS/c1-18-16-19(2)27(20(3)17-18)32(25-14-8-9-15-26(25)33(29,30)31)28-23-12-6-4-10-21(23)22-11-5-7-13-24(22)28/h4-17,28H,1-3H3,(H,29,30,31). The first-order chi connectivity index (χ1) is 15.8. The van der Waals surface area contributed by atoms with Crippen LogP contribution in [-0.2, 0) is 10.1 Å². The third-order valence-electron chi connectivity index (χ3n) is 6.34. The monoisotopic (exact) mass is 472 g/mol. The summed E-state index contributed by atoms with van der Waals surface area (Å²) in [5.74, 6) is 0. The molecular formula is C28H25O3PS. The van der Waals surface area contributed by atoms with Crippen LogP contribution in [0.15, 0.2) is 89.8 Å². The normalized spacial score (nSPS) is 14.1. The van der Waals surface area contributed by atoms with Gasteiger partial charge in [0, 0.05) is 11.0 Å². The minimum atomic E-state index is -4.39. The Bertz CT molecular complexity index is 1420. The van der Waals surface area contributed by atoms with Crippen molar-refractivity contribution in [3.63, 3.8) is 0 Å². The summed E-state index contributed by atoms with van der Waals surface area (Å²) in [6, 6.07) is 28.1. The number of hydrogen-bond acceptors (Lipinski definition) is 2. The fraction of sp³-hybridized carbons (Fsp3) is 0.143. The van der Waals surface area contributed by atoms with Gasteiger partial charge < -0.3 is 0 Å². The molecule has 5 rings (SSSR count). The second kappa shape index (κ2) is 8.22. The summed E-state index contributed by atoms with van der Waals surface area (Å²) in [6.07, 6.45) is 0. The van der Waals surface area contributed by atoms with Crippen LogP contribution < -0.4 is 10.6 Å². The molecule has 1 aliphatic rings. The van der Waals surface area contributed by atoms with E-state index < -0.39 is 18.0 Å². The van der Waals surface area contributed by atoms with Crippen LogP contribution in [0.4, 0.5) is 0 Å². The molecule has 1 aliphatic carbocycles. The fourth-order valence-corrected chi connectivity index (χ4v) is 9.68. The molecule has 0 radical (unpaired) electrons. The molecule has 5 heteroatoms. The first kappa shape index (κ1) is 22.0. The Kier molecular flexibility index (Phi) is 5.49. The lowest BCUT2D eigenvalue weighted by Crippen LogP contribution is -2.25. The topological polar surface area (TPSA) is 54.4 Å². The molecular weight excluding hydrogens is 447 g/mol. The van der Waals surface area contributed by atoms with Gasteiger partial charge in [-0.1, -0.05) is 84.4 Å². The first-order valence-electron chi connectivity index (χ1n) is 10.9. The number of hydrogen-bond donors (Lipinski definition) is 1. The van der Waals surface area contributed by atoms with E-state index in [0.29, 0.717) is 5.30 Å². The quantitative estimate of drug-likeness (QED) is 0.290. The molecule has 0 aliphatic heterocycles. The van der Waals surface area contributed by atoms with E-state index in [1.807, 2.05) is 12.1 Å². The van der Waals surface area contributed by atoms with E-state index in [1.165, 1.54) is 39.2 Å². The van der Waals surface area contributed by atoms with Crippen molar-refractivity contribution in [3.8, 4) is 11.1 Å². The van der Waals surface area contributed by atoms with Gasteiger partial charge in [-0.3, -0.25) is 4.55 Å². The number of rotatable bonds is 4. The Balaban J connectivity index is 1.89. The van der Waals surface area contributed by atoms with Gasteiger partial charge in [-0.05, 0) is 73.4 Å². The van der Waals surface area contributed by atoms with E-state index in [4.69, 9.17) is 0 Å². The highest BCUT2D eigenvalue weighted by Crippen LogP contribution is 2.61. The van der Waals surface area contributed by atoms with Crippen molar-refractivity contribution < 1.29 is 13.0 Å². The third-order valence-corrected chi connectivity index (χ3v) is 10.6. The molecule has 0 aromatic heterocycles. The highest BCUT2D eigenvalue weighted by molar-refractivity contribution is 7.87. The van der Waals surface area contributed by atoms with Crippen molar-refractivity contribution in [2.45, 2.75) is 31.3 Å². The molecule has 4 aromatic rings. The zero-order chi connectivity index (χ0) is 23.3. The summed E-state index contributed by atoms with van der Waals surface area (Å²) >= 11 is 0. The molecule has 0 heterocycles. The minimum Gasteiger partial charge on any atom is -0.282 e. The molecule has 0 bridgehead atoms. The Morgan fingerprint density at radius 2 is 1.21 bits per heavy atom. The van der Waals surface area contributed by atoms with Gasteiger partial charge >= 0.3 is 0 Å². The lowest BCUT2D eigenvalue weighted by atomic mass is 10.1. The number of aryl methyl sites for hydroxylation is 3. The average molecular weight is 473 g/mol. The Morgan fingerprint density at radius 3 is 1.76 bits per heavy atom. The van der Waals surface area contributed by atoms with Gasteiger partial charge in [0.05, 0.1) is 0 Å². The van der Waals surface area contributed by atoms with E-state index in [1.54, 1.807) is 6.07 Å². The largest absolute Gasteiger partial charge is 0.295 e. The maximum atomic E-state index is 12.5. The molecule has 1 atom stereocenters. The molecule has 0 amide bonds. The second-order valence-electron chi connectivity index (χ2n) is 8.64. The Morgan fingerprint density at radius 1 is 0.727 bits per heavy atom. The summed E-state index contributed by atoms with van der Waals surface area (Å²) in [6.45, 7) is 6.29. The van der Waals surface area contributed by atoms with Crippen LogP contribution in [0.2, 0.25) is 0 Å². The molecule has 0 saturated heterocycles. The molecule has 4 aromatic carbocycles. The van der Waals surface area contributed by atoms with E-state index in [-0.39, 0.29) is 10.6 Å². The fourth-order valence-electron chi connectivity index (χ4n) is 5.22. The zero-order valence-corrected chi connectivity index (χ0v) is 20.5. The molecule has 0 saturated carbocycles. The van der Waals surface area contributed by atoms with E-state index in [0.717, 1.165) is 11.1 Å². The lowest BCUT2D eigenvalue weighted by molar-refractivity contribution is 0.484. The van der Waals surface area contributed by atoms with Gasteiger partial charge in [0.2, 0.25) is 0 Å². The number of fused-ring (bicyclic) bond motifs is 3. The zero-order valence-electron chi connectivity index (χ0n) is 18.8. The van der Waals surface area contributed by atoms with Gasteiger partial charge in [0.25, 0.3) is 10.1 Å². The van der Waals surface area contributed by atoms with Crippen LogP contribution in [0.25, 0.3) is 11.1 Å². The summed E-state index contributed by atoms with van der Waals surface area (Å²) < 4.78 is 35.1. The van der Waals surface area contributed by atoms with Gasteiger partial charge in [-0.2, -0.15) is 8.42 Å². The van der Waals surface area contributed by atoms with E-state index in [2.05, 4.69) is 81.4 Å². The van der Waals surface area contributed by atoms with Crippen molar-refractivity contribution in [2.75, 3.05) is 0 Å². The van der Waals surface area contributed by atoms with E-state index in [9.17, 15) is 13.0 Å². The van der Waals surface area contributed by atoms with E-state index >= 15 is 0 Å². The van der Waals surface area contributed by atoms with Crippen LogP contribution in [0.3, 0.4) is 0 Å². The van der Waals surface area contributed by atoms with Crippen LogP contribution in [0, 0.1) is 20.8 Å². The van der Waals surface area contributed by atoms with Crippen LogP contribution >= 0.6 is 7.92 Å². The Hall–Kier alpha value is -2.78. The molecule has 166 valence electrons. The predicted molar refractivity (Wildman–Crippen MR) is 137 cm³/mol. The van der Waals surface area contributed by atoms with Gasteiger partial charge in [0.1, 0.15) is 4.90 Å². The molecule has 0 spiro atoms. The molecule has 1 N–H and O–H groups in total.